The molecule has 0 aliphatic heterocycles. The summed E-state index contributed by atoms with van der Waals surface area (Å²) in [6.45, 7) is 0. The van der Waals surface area contributed by atoms with Gasteiger partial charge in [-0.2, -0.15) is 9.78 Å². The molecule has 7 heteroatoms. The molecule has 5 rings (SSSR count). The Morgan fingerprint density at radius 3 is 2.65 bits per heavy atom. The van der Waals surface area contributed by atoms with Gasteiger partial charge in [-0.05, 0) is 70.6 Å². The molecule has 2 aromatic heterocycles. The molecule has 0 spiro atoms. The van der Waals surface area contributed by atoms with Gasteiger partial charge in [0.1, 0.15) is 11.3 Å². The number of furan rings is 1. The Morgan fingerprint density at radius 1 is 1.03 bits per heavy atom. The molecule has 0 saturated heterocycles. The first-order valence-electron chi connectivity index (χ1n) is 9.53. The van der Waals surface area contributed by atoms with Gasteiger partial charge in [0.25, 0.3) is 5.56 Å². The molecular weight excluding hydrogens is 505 g/mol. The van der Waals surface area contributed by atoms with Crippen molar-refractivity contribution in [2.45, 2.75) is 0 Å². The zero-order valence-corrected chi connectivity index (χ0v) is 18.6. The standard InChI is InChI=1S/C24H16IN3O3/c1-30-20-7-4-8-21-18(20)13-22(31-21)23-27-19-6-3-2-5-17(19)24(29)28(23)26-14-15-9-11-16(25)12-10-15/h2-14H,1H3. The second-order valence-corrected chi connectivity index (χ2v) is 8.09. The molecule has 0 saturated carbocycles. The van der Waals surface area contributed by atoms with E-state index in [2.05, 4.69) is 27.7 Å². The third kappa shape index (κ3) is 3.61. The summed E-state index contributed by atoms with van der Waals surface area (Å²) in [7, 11) is 1.61. The predicted molar refractivity (Wildman–Crippen MR) is 130 cm³/mol. The Labute approximate surface area is 190 Å². The van der Waals surface area contributed by atoms with E-state index in [0.717, 1.165) is 14.5 Å². The van der Waals surface area contributed by atoms with Gasteiger partial charge in [0.15, 0.2) is 5.76 Å². The van der Waals surface area contributed by atoms with Crippen molar-refractivity contribution < 1.29 is 9.15 Å². The van der Waals surface area contributed by atoms with Crippen LogP contribution in [0.5, 0.6) is 5.75 Å². The third-order valence-corrected chi connectivity index (χ3v) is 5.63. The molecule has 0 radical (unpaired) electrons. The van der Waals surface area contributed by atoms with Crippen LogP contribution in [0.2, 0.25) is 0 Å². The average Bonchev–Trinajstić information content (AvgIpc) is 3.24. The summed E-state index contributed by atoms with van der Waals surface area (Å²) in [6, 6.07) is 22.4. The van der Waals surface area contributed by atoms with Crippen LogP contribution in [-0.2, 0) is 0 Å². The Morgan fingerprint density at radius 2 is 1.84 bits per heavy atom. The molecule has 0 aliphatic rings. The average molecular weight is 521 g/mol. The molecule has 0 amide bonds. The fraction of sp³-hybridized carbons (Fsp3) is 0.0417. The Bertz CT molecular complexity index is 1500. The molecule has 6 nitrogen and oxygen atoms in total. The summed E-state index contributed by atoms with van der Waals surface area (Å²) in [5, 5.41) is 5.76. The molecule has 3 aromatic carbocycles. The molecule has 5 aromatic rings. The fourth-order valence-corrected chi connectivity index (χ4v) is 3.75. The number of hydrogen-bond donors (Lipinski definition) is 0. The van der Waals surface area contributed by atoms with Crippen LogP contribution in [-0.4, -0.2) is 23.0 Å². The van der Waals surface area contributed by atoms with Crippen LogP contribution in [0.25, 0.3) is 33.5 Å². The number of hydrogen-bond acceptors (Lipinski definition) is 5. The predicted octanol–water partition coefficient (Wildman–Crippen LogP) is 5.31. The van der Waals surface area contributed by atoms with E-state index in [-0.39, 0.29) is 5.56 Å². The van der Waals surface area contributed by atoms with E-state index in [0.29, 0.717) is 33.8 Å². The van der Waals surface area contributed by atoms with Gasteiger partial charge in [-0.15, -0.1) is 0 Å². The Hall–Kier alpha value is -3.46. The SMILES string of the molecule is COc1cccc2oc(-c3nc4ccccc4c(=O)n3N=Cc3ccc(I)cc3)cc12. The normalized spacial score (nSPS) is 11.5. The van der Waals surface area contributed by atoms with Gasteiger partial charge in [-0.3, -0.25) is 4.79 Å². The first kappa shape index (κ1) is 19.5. The van der Waals surface area contributed by atoms with Crippen molar-refractivity contribution in [3.05, 3.63) is 92.3 Å². The van der Waals surface area contributed by atoms with E-state index in [9.17, 15) is 4.79 Å². The lowest BCUT2D eigenvalue weighted by Crippen LogP contribution is -2.20. The van der Waals surface area contributed by atoms with Crippen molar-refractivity contribution in [3.8, 4) is 17.3 Å². The minimum absolute atomic E-state index is 0.269. The topological polar surface area (TPSA) is 69.6 Å². The molecule has 0 N–H and O–H groups in total. The van der Waals surface area contributed by atoms with Crippen LogP contribution >= 0.6 is 22.6 Å². The highest BCUT2D eigenvalue weighted by Crippen LogP contribution is 2.32. The second-order valence-electron chi connectivity index (χ2n) is 6.85. The smallest absolute Gasteiger partial charge is 0.282 e. The molecule has 0 bridgehead atoms. The first-order valence-corrected chi connectivity index (χ1v) is 10.6. The van der Waals surface area contributed by atoms with Crippen LogP contribution in [0.1, 0.15) is 5.56 Å². The van der Waals surface area contributed by atoms with Crippen molar-refractivity contribution >= 4 is 50.7 Å². The second kappa shape index (κ2) is 7.99. The number of fused-ring (bicyclic) bond motifs is 2. The zero-order valence-electron chi connectivity index (χ0n) is 16.4. The maximum Gasteiger partial charge on any atom is 0.282 e. The van der Waals surface area contributed by atoms with Crippen molar-refractivity contribution in [3.63, 3.8) is 0 Å². The van der Waals surface area contributed by atoms with Crippen LogP contribution in [0, 0.1) is 3.57 Å². The van der Waals surface area contributed by atoms with Crippen molar-refractivity contribution in [1.82, 2.24) is 9.66 Å². The van der Waals surface area contributed by atoms with E-state index in [1.165, 1.54) is 4.68 Å². The number of methoxy groups -OCH3 is 1. The summed E-state index contributed by atoms with van der Waals surface area (Å²) in [5.41, 5.74) is 1.83. The molecular formula is C24H16IN3O3. The molecule has 0 aliphatic carbocycles. The Balaban J connectivity index is 1.74. The lowest BCUT2D eigenvalue weighted by atomic mass is 10.2. The number of para-hydroxylation sites is 1. The minimum Gasteiger partial charge on any atom is -0.496 e. The van der Waals surface area contributed by atoms with Gasteiger partial charge < -0.3 is 9.15 Å². The number of benzene rings is 3. The Kier molecular flexibility index (Phi) is 5.03. The van der Waals surface area contributed by atoms with Crippen molar-refractivity contribution in [1.29, 1.82) is 0 Å². The first-order chi connectivity index (χ1) is 15.1. The third-order valence-electron chi connectivity index (χ3n) is 4.91. The summed E-state index contributed by atoms with van der Waals surface area (Å²) >= 11 is 2.24. The van der Waals surface area contributed by atoms with Crippen LogP contribution in [0.3, 0.4) is 0 Å². The van der Waals surface area contributed by atoms with Gasteiger partial charge in [-0.25, -0.2) is 4.98 Å². The van der Waals surface area contributed by atoms with E-state index in [1.807, 2.05) is 60.7 Å². The van der Waals surface area contributed by atoms with Crippen molar-refractivity contribution in [2.75, 3.05) is 7.11 Å². The number of halogens is 1. The summed E-state index contributed by atoms with van der Waals surface area (Å²) in [4.78, 5) is 18.0. The zero-order chi connectivity index (χ0) is 21.4. The van der Waals surface area contributed by atoms with Gasteiger partial charge in [0.2, 0.25) is 5.82 Å². The molecule has 31 heavy (non-hydrogen) atoms. The highest BCUT2D eigenvalue weighted by molar-refractivity contribution is 14.1. The highest BCUT2D eigenvalue weighted by atomic mass is 127. The summed E-state index contributed by atoms with van der Waals surface area (Å²) < 4.78 is 13.9. The van der Waals surface area contributed by atoms with Gasteiger partial charge >= 0.3 is 0 Å². The van der Waals surface area contributed by atoms with E-state index >= 15 is 0 Å². The molecule has 152 valence electrons. The monoisotopic (exact) mass is 521 g/mol. The van der Waals surface area contributed by atoms with E-state index < -0.39 is 0 Å². The van der Waals surface area contributed by atoms with Crippen LogP contribution in [0.4, 0.5) is 0 Å². The summed E-state index contributed by atoms with van der Waals surface area (Å²) in [5.74, 6) is 1.44. The lowest BCUT2D eigenvalue weighted by molar-refractivity contribution is 0.419. The van der Waals surface area contributed by atoms with E-state index in [4.69, 9.17) is 14.1 Å². The van der Waals surface area contributed by atoms with E-state index in [1.54, 1.807) is 25.5 Å². The van der Waals surface area contributed by atoms with Gasteiger partial charge in [0.05, 0.1) is 29.6 Å². The molecule has 0 fully saturated rings. The van der Waals surface area contributed by atoms with Gasteiger partial charge in [-0.1, -0.05) is 30.3 Å². The maximum atomic E-state index is 13.3. The maximum absolute atomic E-state index is 13.3. The fourth-order valence-electron chi connectivity index (χ4n) is 3.39. The van der Waals surface area contributed by atoms with Crippen molar-refractivity contribution in [2.24, 2.45) is 5.10 Å². The molecule has 2 heterocycles. The van der Waals surface area contributed by atoms with Gasteiger partial charge in [0, 0.05) is 3.57 Å². The molecule has 0 atom stereocenters. The molecule has 0 unspecified atom stereocenters. The number of ether oxygens (including phenoxy) is 1. The summed E-state index contributed by atoms with van der Waals surface area (Å²) in [6.07, 6.45) is 1.64. The van der Waals surface area contributed by atoms with Crippen LogP contribution < -0.4 is 10.3 Å². The minimum atomic E-state index is -0.269. The lowest BCUT2D eigenvalue weighted by Gasteiger charge is -2.07. The number of rotatable bonds is 4. The van der Waals surface area contributed by atoms with Crippen LogP contribution in [0.15, 0.2) is 87.1 Å². The highest BCUT2D eigenvalue weighted by Gasteiger charge is 2.17. The quantitative estimate of drug-likeness (QED) is 0.238. The number of nitrogens with zero attached hydrogens (tertiary/aromatic N) is 3. The number of aromatic nitrogens is 2. The largest absolute Gasteiger partial charge is 0.496 e.